The SMILES string of the molecule is CC[N+](CC)(CCCCCn1c(=O)cc(C)n(CCCn2c(C)cc(=O)n(C)c2=O)c1=O)Cc1ccccc1[N+](=O)[O-]. The summed E-state index contributed by atoms with van der Waals surface area (Å²) in [5.74, 6) is 0. The second kappa shape index (κ2) is 14.2. The van der Waals surface area contributed by atoms with Crippen LogP contribution in [0.1, 0.15) is 56.5 Å². The largest absolute Gasteiger partial charge is 0.331 e. The van der Waals surface area contributed by atoms with Crippen LogP contribution in [0, 0.1) is 24.0 Å². The Morgan fingerprint density at radius 2 is 1.33 bits per heavy atom. The van der Waals surface area contributed by atoms with E-state index in [1.54, 1.807) is 30.5 Å². The molecule has 2 heterocycles. The van der Waals surface area contributed by atoms with E-state index in [9.17, 15) is 29.3 Å². The van der Waals surface area contributed by atoms with E-state index in [0.717, 1.165) is 47.1 Å². The van der Waals surface area contributed by atoms with Gasteiger partial charge in [-0.15, -0.1) is 0 Å². The molecule has 2 aromatic heterocycles. The van der Waals surface area contributed by atoms with Crippen LogP contribution in [0.25, 0.3) is 0 Å². The third-order valence-electron chi connectivity index (χ3n) is 8.41. The fourth-order valence-corrected chi connectivity index (χ4v) is 5.56. The summed E-state index contributed by atoms with van der Waals surface area (Å²) in [4.78, 5) is 61.4. The Balaban J connectivity index is 1.63. The van der Waals surface area contributed by atoms with Gasteiger partial charge in [0.05, 0.1) is 30.1 Å². The van der Waals surface area contributed by atoms with Gasteiger partial charge in [-0.2, -0.15) is 0 Å². The smallest absolute Gasteiger partial charge is 0.320 e. The molecule has 0 aliphatic heterocycles. The highest BCUT2D eigenvalue weighted by atomic mass is 16.6. The number of hydrogen-bond donors (Lipinski definition) is 0. The van der Waals surface area contributed by atoms with Crippen molar-refractivity contribution in [3.8, 4) is 0 Å². The number of nitro benzene ring substituents is 1. The molecule has 0 unspecified atom stereocenters. The van der Waals surface area contributed by atoms with Gasteiger partial charge >= 0.3 is 11.4 Å². The molecule has 3 rings (SSSR count). The third kappa shape index (κ3) is 7.41. The van der Waals surface area contributed by atoms with Gasteiger partial charge in [-0.3, -0.25) is 38.0 Å². The van der Waals surface area contributed by atoms with E-state index in [2.05, 4.69) is 13.8 Å². The molecule has 1 aromatic carbocycles. The number of rotatable bonds is 15. The van der Waals surface area contributed by atoms with Crippen LogP contribution in [0.2, 0.25) is 0 Å². The molecule has 0 saturated heterocycles. The molecule has 3 aromatic rings. The molecular formula is C30H43N6O6+. The monoisotopic (exact) mass is 583 g/mol. The van der Waals surface area contributed by atoms with Crippen molar-refractivity contribution in [2.45, 2.75) is 79.6 Å². The first kappa shape index (κ1) is 32.5. The minimum absolute atomic E-state index is 0.147. The van der Waals surface area contributed by atoms with Gasteiger partial charge in [-0.05, 0) is 59.4 Å². The Bertz CT molecular complexity index is 1640. The molecule has 0 spiro atoms. The van der Waals surface area contributed by atoms with Crippen molar-refractivity contribution < 1.29 is 9.41 Å². The van der Waals surface area contributed by atoms with Crippen LogP contribution in [-0.4, -0.2) is 47.3 Å². The van der Waals surface area contributed by atoms with Crippen LogP contribution in [0.5, 0.6) is 0 Å². The number of aromatic nitrogens is 4. The van der Waals surface area contributed by atoms with E-state index >= 15 is 0 Å². The zero-order valence-electron chi connectivity index (χ0n) is 25.4. The predicted octanol–water partition coefficient (Wildman–Crippen LogP) is 2.71. The van der Waals surface area contributed by atoms with Crippen molar-refractivity contribution in [1.82, 2.24) is 18.3 Å². The van der Waals surface area contributed by atoms with Crippen LogP contribution in [0.4, 0.5) is 5.69 Å². The molecule has 0 fully saturated rings. The lowest BCUT2D eigenvalue weighted by Crippen LogP contribution is -2.47. The van der Waals surface area contributed by atoms with E-state index < -0.39 is 5.69 Å². The van der Waals surface area contributed by atoms with Gasteiger partial charge < -0.3 is 4.48 Å². The van der Waals surface area contributed by atoms with Crippen molar-refractivity contribution in [2.24, 2.45) is 7.05 Å². The van der Waals surface area contributed by atoms with Gasteiger partial charge in [0.15, 0.2) is 0 Å². The fourth-order valence-electron chi connectivity index (χ4n) is 5.56. The summed E-state index contributed by atoms with van der Waals surface area (Å²) in [5, 5.41) is 11.5. The van der Waals surface area contributed by atoms with E-state index in [1.165, 1.54) is 28.3 Å². The van der Waals surface area contributed by atoms with Crippen LogP contribution >= 0.6 is 0 Å². The highest BCUT2D eigenvalue weighted by Gasteiger charge is 2.27. The van der Waals surface area contributed by atoms with E-state index in [0.29, 0.717) is 50.4 Å². The number of aryl methyl sites for hydroxylation is 2. The fraction of sp³-hybridized carbons (Fsp3) is 0.533. The minimum atomic E-state index is -0.398. The average Bonchev–Trinajstić information content (AvgIpc) is 2.95. The van der Waals surface area contributed by atoms with E-state index in [4.69, 9.17) is 0 Å². The van der Waals surface area contributed by atoms with Gasteiger partial charge in [0, 0.05) is 56.3 Å². The van der Waals surface area contributed by atoms with Crippen LogP contribution in [0.15, 0.2) is 55.6 Å². The molecule has 0 N–H and O–H groups in total. The third-order valence-corrected chi connectivity index (χ3v) is 8.41. The molecule has 42 heavy (non-hydrogen) atoms. The zero-order valence-corrected chi connectivity index (χ0v) is 25.4. The lowest BCUT2D eigenvalue weighted by molar-refractivity contribution is -0.938. The van der Waals surface area contributed by atoms with Crippen molar-refractivity contribution >= 4 is 5.69 Å². The number of quaternary nitrogens is 1. The Kier molecular flexibility index (Phi) is 11.0. The summed E-state index contributed by atoms with van der Waals surface area (Å²) >= 11 is 0. The number of para-hydroxylation sites is 1. The second-order valence-electron chi connectivity index (χ2n) is 11.0. The van der Waals surface area contributed by atoms with E-state index in [-0.39, 0.29) is 27.4 Å². The number of nitro groups is 1. The summed E-state index contributed by atoms with van der Waals surface area (Å²) in [6.45, 7) is 11.7. The number of unbranched alkanes of at least 4 members (excludes halogenated alkanes) is 2. The number of nitrogens with zero attached hydrogens (tertiary/aromatic N) is 6. The molecule has 0 radical (unpaired) electrons. The maximum atomic E-state index is 13.2. The van der Waals surface area contributed by atoms with E-state index in [1.807, 2.05) is 12.1 Å². The summed E-state index contributed by atoms with van der Waals surface area (Å²) < 4.78 is 6.12. The van der Waals surface area contributed by atoms with Crippen molar-refractivity contribution in [3.05, 3.63) is 105 Å². The molecule has 12 nitrogen and oxygen atoms in total. The number of benzene rings is 1. The second-order valence-corrected chi connectivity index (χ2v) is 11.0. The first-order valence-electron chi connectivity index (χ1n) is 14.6. The van der Waals surface area contributed by atoms with Gasteiger partial charge in [0.2, 0.25) is 0 Å². The average molecular weight is 584 g/mol. The molecular weight excluding hydrogens is 540 g/mol. The van der Waals surface area contributed by atoms with Gasteiger partial charge in [0.25, 0.3) is 16.8 Å². The molecule has 228 valence electrons. The molecule has 0 aliphatic rings. The standard InChI is InChI=1S/C30H43N6O6/c1-6-36(7-2,22-25-14-9-10-15-26(25)35(41)42)19-12-8-11-16-34-28(38)21-24(4)33(30(34)40)18-13-17-32-23(3)20-27(37)31(5)29(32)39/h9-10,14-15,20-21H,6-8,11-13,16-19,22H2,1-5H3/q+1. The van der Waals surface area contributed by atoms with Crippen LogP contribution in [0.3, 0.4) is 0 Å². The molecule has 0 amide bonds. The van der Waals surface area contributed by atoms with Crippen LogP contribution in [-0.2, 0) is 33.2 Å². The van der Waals surface area contributed by atoms with Gasteiger partial charge in [-0.1, -0.05) is 12.1 Å². The maximum absolute atomic E-state index is 13.2. The van der Waals surface area contributed by atoms with Crippen LogP contribution < -0.4 is 22.5 Å². The predicted molar refractivity (Wildman–Crippen MR) is 162 cm³/mol. The van der Waals surface area contributed by atoms with Crippen molar-refractivity contribution in [3.63, 3.8) is 0 Å². The Hall–Kier alpha value is -4.06. The Morgan fingerprint density at radius 1 is 0.762 bits per heavy atom. The van der Waals surface area contributed by atoms with Crippen molar-refractivity contribution in [1.29, 1.82) is 0 Å². The Morgan fingerprint density at radius 3 is 1.95 bits per heavy atom. The summed E-state index contributed by atoms with van der Waals surface area (Å²) in [6, 6.07) is 9.77. The first-order valence-corrected chi connectivity index (χ1v) is 14.6. The lowest BCUT2D eigenvalue weighted by atomic mass is 10.1. The molecule has 12 heteroatoms. The zero-order chi connectivity index (χ0) is 31.0. The van der Waals surface area contributed by atoms with Gasteiger partial charge in [-0.25, -0.2) is 9.59 Å². The molecule has 0 atom stereocenters. The number of hydrogen-bond acceptors (Lipinski definition) is 6. The van der Waals surface area contributed by atoms with Gasteiger partial charge in [0.1, 0.15) is 6.54 Å². The van der Waals surface area contributed by atoms with Crippen molar-refractivity contribution in [2.75, 3.05) is 19.6 Å². The molecule has 0 aliphatic carbocycles. The topological polar surface area (TPSA) is 131 Å². The summed E-state index contributed by atoms with van der Waals surface area (Å²) in [7, 11) is 1.43. The summed E-state index contributed by atoms with van der Waals surface area (Å²) in [5.41, 5.74) is 0.548. The quantitative estimate of drug-likeness (QED) is 0.117. The highest BCUT2D eigenvalue weighted by Crippen LogP contribution is 2.24. The normalized spacial score (nSPS) is 11.6. The Labute approximate surface area is 244 Å². The molecule has 0 saturated carbocycles. The highest BCUT2D eigenvalue weighted by molar-refractivity contribution is 5.39. The maximum Gasteiger partial charge on any atom is 0.331 e. The lowest BCUT2D eigenvalue weighted by Gasteiger charge is -2.37. The molecule has 0 bridgehead atoms. The minimum Gasteiger partial charge on any atom is -0.320 e. The first-order chi connectivity index (χ1) is 19.9. The summed E-state index contributed by atoms with van der Waals surface area (Å²) in [6.07, 6.45) is 2.81.